The van der Waals surface area contributed by atoms with Gasteiger partial charge in [-0.3, -0.25) is 9.59 Å². The summed E-state index contributed by atoms with van der Waals surface area (Å²) in [6, 6.07) is 8.14. The lowest BCUT2D eigenvalue weighted by Crippen LogP contribution is -2.49. The summed E-state index contributed by atoms with van der Waals surface area (Å²) in [5.41, 5.74) is 0.948. The highest BCUT2D eigenvalue weighted by molar-refractivity contribution is 5.89. The molecule has 1 fully saturated rings. The van der Waals surface area contributed by atoms with E-state index >= 15 is 0 Å². The van der Waals surface area contributed by atoms with E-state index in [0.29, 0.717) is 30.6 Å². The largest absolute Gasteiger partial charge is 0.504 e. The summed E-state index contributed by atoms with van der Waals surface area (Å²) in [6.45, 7) is 3.34. The van der Waals surface area contributed by atoms with E-state index in [9.17, 15) is 24.6 Å². The molecule has 0 saturated carbocycles. The van der Waals surface area contributed by atoms with Crippen molar-refractivity contribution in [1.82, 2.24) is 9.47 Å². The van der Waals surface area contributed by atoms with Gasteiger partial charge in [-0.15, -0.1) is 0 Å². The highest BCUT2D eigenvalue weighted by atomic mass is 16.4. The Hall–Kier alpha value is -3.55. The zero-order chi connectivity index (χ0) is 21.9. The molecule has 2 aliphatic rings. The van der Waals surface area contributed by atoms with Crippen molar-refractivity contribution >= 4 is 16.9 Å². The first-order valence-corrected chi connectivity index (χ1v) is 10.3. The molecule has 1 aromatic carbocycles. The maximum absolute atomic E-state index is 13.1. The normalized spacial score (nSPS) is 20.0. The van der Waals surface area contributed by atoms with Crippen molar-refractivity contribution in [3.8, 4) is 11.5 Å². The first-order valence-electron chi connectivity index (χ1n) is 10.3. The smallest absolute Gasteiger partial charge is 0.340 e. The van der Waals surface area contributed by atoms with Crippen molar-refractivity contribution in [1.29, 1.82) is 0 Å². The Kier molecular flexibility index (Phi) is 4.39. The molecule has 0 aliphatic carbocycles. The van der Waals surface area contributed by atoms with Gasteiger partial charge in [-0.2, -0.15) is 0 Å². The summed E-state index contributed by atoms with van der Waals surface area (Å²) < 4.78 is 7.04. The second-order valence-corrected chi connectivity index (χ2v) is 8.48. The highest BCUT2D eigenvalue weighted by Gasteiger charge is 2.36. The molecule has 4 heterocycles. The van der Waals surface area contributed by atoms with Crippen molar-refractivity contribution in [2.45, 2.75) is 32.2 Å². The average molecular weight is 422 g/mol. The van der Waals surface area contributed by atoms with Crippen molar-refractivity contribution in [3.63, 3.8) is 0 Å². The number of hydrogen-bond donors (Lipinski definition) is 2. The van der Waals surface area contributed by atoms with Gasteiger partial charge in [-0.1, -0.05) is 6.07 Å². The zero-order valence-electron chi connectivity index (χ0n) is 17.0. The number of carbonyl (C=O) groups excluding carboxylic acids is 1. The van der Waals surface area contributed by atoms with Gasteiger partial charge in [-0.25, -0.2) is 4.79 Å². The van der Waals surface area contributed by atoms with Gasteiger partial charge in [0.2, 0.25) is 11.7 Å². The number of fused-ring (bicyclic) bond motifs is 5. The molecule has 8 nitrogen and oxygen atoms in total. The van der Waals surface area contributed by atoms with Crippen LogP contribution in [0.3, 0.4) is 0 Å². The van der Waals surface area contributed by atoms with Crippen molar-refractivity contribution in [3.05, 3.63) is 67.9 Å². The molecule has 5 rings (SSSR count). The predicted molar refractivity (Wildman–Crippen MR) is 112 cm³/mol. The zero-order valence-corrected chi connectivity index (χ0v) is 17.0. The van der Waals surface area contributed by atoms with Gasteiger partial charge < -0.3 is 24.1 Å². The van der Waals surface area contributed by atoms with Crippen LogP contribution in [0.5, 0.6) is 11.5 Å². The predicted octanol–water partition coefficient (Wildman–Crippen LogP) is 1.86. The van der Waals surface area contributed by atoms with Gasteiger partial charge in [0.1, 0.15) is 0 Å². The molecule has 8 heteroatoms. The lowest BCUT2D eigenvalue weighted by Gasteiger charge is -2.42. The van der Waals surface area contributed by atoms with Crippen LogP contribution in [0, 0.1) is 12.8 Å². The molecule has 2 N–H and O–H groups in total. The van der Waals surface area contributed by atoms with Crippen LogP contribution in [0.15, 0.2) is 44.3 Å². The number of phenolic OH excluding ortho intramolecular Hbond substituents is 2. The highest BCUT2D eigenvalue weighted by Crippen LogP contribution is 2.36. The number of aryl methyl sites for hydroxylation is 1. The third kappa shape index (κ3) is 3.10. The van der Waals surface area contributed by atoms with Crippen molar-refractivity contribution < 1.29 is 19.4 Å². The van der Waals surface area contributed by atoms with Gasteiger partial charge in [0.15, 0.2) is 11.3 Å². The van der Waals surface area contributed by atoms with E-state index in [0.717, 1.165) is 12.1 Å². The molecule has 2 atom stereocenters. The maximum atomic E-state index is 13.1. The fourth-order valence-corrected chi connectivity index (χ4v) is 5.00. The Morgan fingerprint density at radius 2 is 1.94 bits per heavy atom. The number of benzene rings is 1. The quantitative estimate of drug-likeness (QED) is 0.482. The third-order valence-corrected chi connectivity index (χ3v) is 6.57. The average Bonchev–Trinajstić information content (AvgIpc) is 2.74. The molecular weight excluding hydrogens is 400 g/mol. The maximum Gasteiger partial charge on any atom is 0.340 e. The Balaban J connectivity index is 1.44. The Labute approximate surface area is 177 Å². The number of hydrogen-bond acceptors (Lipinski definition) is 6. The van der Waals surface area contributed by atoms with Gasteiger partial charge in [0, 0.05) is 42.7 Å². The number of carbonyl (C=O) groups is 1. The number of piperidine rings is 1. The molecule has 0 spiro atoms. The van der Waals surface area contributed by atoms with E-state index in [2.05, 4.69) is 0 Å². The van der Waals surface area contributed by atoms with Crippen molar-refractivity contribution in [2.75, 3.05) is 13.1 Å². The van der Waals surface area contributed by atoms with E-state index in [1.54, 1.807) is 30.0 Å². The lowest BCUT2D eigenvalue weighted by atomic mass is 9.83. The van der Waals surface area contributed by atoms with E-state index < -0.39 is 11.4 Å². The Morgan fingerprint density at radius 1 is 1.13 bits per heavy atom. The van der Waals surface area contributed by atoms with E-state index in [1.807, 2.05) is 10.6 Å². The van der Waals surface area contributed by atoms with Crippen molar-refractivity contribution in [2.24, 2.45) is 5.92 Å². The van der Waals surface area contributed by atoms with E-state index in [4.69, 9.17) is 4.42 Å². The molecule has 2 bridgehead atoms. The number of aromatic nitrogens is 1. The van der Waals surface area contributed by atoms with Crippen LogP contribution in [0.4, 0.5) is 0 Å². The Bertz CT molecular complexity index is 1340. The summed E-state index contributed by atoms with van der Waals surface area (Å²) in [5, 5.41) is 20.1. The number of amides is 1. The fourth-order valence-electron chi connectivity index (χ4n) is 5.00. The monoisotopic (exact) mass is 422 g/mol. The van der Waals surface area contributed by atoms with Crippen LogP contribution in [0.2, 0.25) is 0 Å². The molecule has 2 aliphatic heterocycles. The summed E-state index contributed by atoms with van der Waals surface area (Å²) in [7, 11) is 0. The van der Waals surface area contributed by atoms with Crippen LogP contribution in [-0.2, 0) is 17.8 Å². The Morgan fingerprint density at radius 3 is 2.74 bits per heavy atom. The van der Waals surface area contributed by atoms with Crippen LogP contribution in [-0.4, -0.2) is 38.7 Å². The van der Waals surface area contributed by atoms with E-state index in [-0.39, 0.29) is 46.6 Å². The molecule has 1 amide bonds. The van der Waals surface area contributed by atoms with E-state index in [1.165, 1.54) is 6.07 Å². The first kappa shape index (κ1) is 19.4. The number of pyridine rings is 1. The van der Waals surface area contributed by atoms with Gasteiger partial charge in [0.05, 0.1) is 12.0 Å². The third-order valence-electron chi connectivity index (χ3n) is 6.57. The molecular formula is C23H22N2O6. The summed E-state index contributed by atoms with van der Waals surface area (Å²) in [6.07, 6.45) is 0.833. The second kappa shape index (κ2) is 7.01. The summed E-state index contributed by atoms with van der Waals surface area (Å²) in [4.78, 5) is 39.6. The van der Waals surface area contributed by atoms with Crippen LogP contribution >= 0.6 is 0 Å². The molecule has 160 valence electrons. The standard InChI is InChI=1S/C23H22N2O6/c1-12-15-5-6-18(26)21(29)22(15)31-23(30)16(12)8-20(28)24-9-13-7-14(11-24)17-3-2-4-19(27)25(17)10-13/h2-6,13-14,26,29H,7-11H2,1H3. The van der Waals surface area contributed by atoms with Crippen LogP contribution in [0.25, 0.3) is 11.0 Å². The second-order valence-electron chi connectivity index (χ2n) is 8.48. The number of rotatable bonds is 2. The van der Waals surface area contributed by atoms with Gasteiger partial charge >= 0.3 is 5.63 Å². The van der Waals surface area contributed by atoms with Crippen LogP contribution < -0.4 is 11.2 Å². The van der Waals surface area contributed by atoms with Gasteiger partial charge in [0.25, 0.3) is 5.56 Å². The fraction of sp³-hybridized carbons (Fsp3) is 0.348. The molecule has 0 radical (unpaired) electrons. The first-order chi connectivity index (χ1) is 14.8. The SMILES string of the molecule is Cc1c(CC(=O)N2CC3CC(C2)c2cccc(=O)n2C3)c(=O)oc2c(O)c(O)ccc12. The minimum absolute atomic E-state index is 0.00865. The molecule has 1 saturated heterocycles. The number of phenols is 2. The summed E-state index contributed by atoms with van der Waals surface area (Å²) in [5.74, 6) is -0.741. The number of likely N-dealkylation sites (tertiary alicyclic amines) is 1. The summed E-state index contributed by atoms with van der Waals surface area (Å²) >= 11 is 0. The molecule has 2 aromatic heterocycles. The van der Waals surface area contributed by atoms with Gasteiger partial charge in [-0.05, 0) is 43.0 Å². The number of nitrogens with zero attached hydrogens (tertiary/aromatic N) is 2. The molecule has 31 heavy (non-hydrogen) atoms. The minimum Gasteiger partial charge on any atom is -0.504 e. The topological polar surface area (TPSA) is 113 Å². The molecule has 2 unspecified atom stereocenters. The molecule has 3 aromatic rings. The van der Waals surface area contributed by atoms with Crippen LogP contribution in [0.1, 0.15) is 29.2 Å². The minimum atomic E-state index is -0.701. The number of aromatic hydroxyl groups is 2. The lowest BCUT2D eigenvalue weighted by molar-refractivity contribution is -0.133.